The average molecular weight is 230 g/mol. The van der Waals surface area contributed by atoms with E-state index in [-0.39, 0.29) is 0 Å². The highest BCUT2D eigenvalue weighted by atomic mass is 15.2. The zero-order valence-electron chi connectivity index (χ0n) is 10.2. The Bertz CT molecular complexity index is 513. The van der Waals surface area contributed by atoms with E-state index in [1.54, 1.807) is 0 Å². The topological polar surface area (TPSA) is 42.7 Å². The van der Waals surface area contributed by atoms with Gasteiger partial charge in [0, 0.05) is 25.2 Å². The number of hydrogen-bond donors (Lipinski definition) is 1. The van der Waals surface area contributed by atoms with Gasteiger partial charge < -0.3 is 9.88 Å². The molecule has 0 aliphatic heterocycles. The van der Waals surface area contributed by atoms with Crippen LogP contribution in [-0.4, -0.2) is 27.6 Å². The fourth-order valence-corrected chi connectivity index (χ4v) is 2.25. The first-order chi connectivity index (χ1) is 8.40. The van der Waals surface area contributed by atoms with E-state index in [2.05, 4.69) is 27.9 Å². The maximum Gasteiger partial charge on any atom is 0.160 e. The highest BCUT2D eigenvalue weighted by molar-refractivity contribution is 5.71. The fourth-order valence-electron chi connectivity index (χ4n) is 2.25. The predicted molar refractivity (Wildman–Crippen MR) is 68.0 cm³/mol. The highest BCUT2D eigenvalue weighted by Crippen LogP contribution is 2.38. The first-order valence-corrected chi connectivity index (χ1v) is 6.42. The molecule has 0 unspecified atom stereocenters. The molecule has 0 aromatic carbocycles. The Balaban J connectivity index is 1.95. The number of aromatic nitrogens is 3. The molecule has 4 heteroatoms. The van der Waals surface area contributed by atoms with Crippen molar-refractivity contribution in [2.45, 2.75) is 32.2 Å². The second-order valence-corrected chi connectivity index (χ2v) is 4.58. The number of likely N-dealkylation sites (N-methyl/N-ethyl adjacent to an activating group) is 1. The minimum atomic E-state index is 0.645. The third-order valence-corrected chi connectivity index (χ3v) is 3.21. The molecule has 3 rings (SSSR count). The van der Waals surface area contributed by atoms with Gasteiger partial charge in [-0.25, -0.2) is 9.97 Å². The number of imidazole rings is 1. The summed E-state index contributed by atoms with van der Waals surface area (Å²) in [6, 6.07) is 4.66. The maximum atomic E-state index is 4.71. The van der Waals surface area contributed by atoms with Crippen LogP contribution in [0.3, 0.4) is 0 Å². The van der Waals surface area contributed by atoms with Gasteiger partial charge in [0.05, 0.1) is 0 Å². The van der Waals surface area contributed by atoms with E-state index in [1.807, 2.05) is 12.3 Å². The molecule has 0 bridgehead atoms. The van der Waals surface area contributed by atoms with E-state index < -0.39 is 0 Å². The summed E-state index contributed by atoms with van der Waals surface area (Å²) in [5.41, 5.74) is 2.09. The zero-order valence-corrected chi connectivity index (χ0v) is 10.2. The quantitative estimate of drug-likeness (QED) is 0.798. The third-order valence-electron chi connectivity index (χ3n) is 3.21. The first kappa shape index (κ1) is 10.7. The van der Waals surface area contributed by atoms with Crippen molar-refractivity contribution in [1.29, 1.82) is 0 Å². The summed E-state index contributed by atoms with van der Waals surface area (Å²) in [7, 11) is 0. The van der Waals surface area contributed by atoms with Crippen molar-refractivity contribution in [3.8, 4) is 0 Å². The van der Waals surface area contributed by atoms with E-state index >= 15 is 0 Å². The monoisotopic (exact) mass is 230 g/mol. The Hall–Kier alpha value is -1.42. The second kappa shape index (κ2) is 4.45. The second-order valence-electron chi connectivity index (χ2n) is 4.58. The Morgan fingerprint density at radius 2 is 2.35 bits per heavy atom. The van der Waals surface area contributed by atoms with E-state index in [0.717, 1.165) is 30.7 Å². The van der Waals surface area contributed by atoms with Gasteiger partial charge in [-0.05, 0) is 31.5 Å². The van der Waals surface area contributed by atoms with Gasteiger partial charge in [-0.1, -0.05) is 6.92 Å². The van der Waals surface area contributed by atoms with Crippen molar-refractivity contribution in [2.24, 2.45) is 0 Å². The standard InChI is InChI=1S/C13H18N4/c1-2-14-9-7-12-16-11-4-3-8-15-13(11)17(12)10-5-6-10/h3-4,8,10,14H,2,5-7,9H2,1H3. The van der Waals surface area contributed by atoms with Crippen molar-refractivity contribution >= 4 is 11.2 Å². The van der Waals surface area contributed by atoms with Crippen molar-refractivity contribution in [1.82, 2.24) is 19.9 Å². The molecule has 0 saturated heterocycles. The van der Waals surface area contributed by atoms with Gasteiger partial charge in [-0.15, -0.1) is 0 Å². The van der Waals surface area contributed by atoms with E-state index in [1.165, 1.54) is 18.7 Å². The van der Waals surface area contributed by atoms with E-state index in [9.17, 15) is 0 Å². The molecular weight excluding hydrogens is 212 g/mol. The van der Waals surface area contributed by atoms with Gasteiger partial charge in [0.25, 0.3) is 0 Å². The van der Waals surface area contributed by atoms with Gasteiger partial charge in [-0.3, -0.25) is 0 Å². The average Bonchev–Trinajstić information content (AvgIpc) is 3.11. The zero-order chi connectivity index (χ0) is 11.7. The highest BCUT2D eigenvalue weighted by Gasteiger charge is 2.28. The molecule has 2 heterocycles. The number of nitrogens with zero attached hydrogens (tertiary/aromatic N) is 3. The fraction of sp³-hybridized carbons (Fsp3) is 0.538. The molecule has 1 aliphatic carbocycles. The number of nitrogens with one attached hydrogen (secondary N) is 1. The van der Waals surface area contributed by atoms with Gasteiger partial charge in [-0.2, -0.15) is 0 Å². The summed E-state index contributed by atoms with van der Waals surface area (Å²) in [6.45, 7) is 4.14. The van der Waals surface area contributed by atoms with E-state index in [0.29, 0.717) is 6.04 Å². The molecule has 2 aromatic heterocycles. The van der Waals surface area contributed by atoms with Crippen LogP contribution in [0, 0.1) is 0 Å². The molecule has 0 atom stereocenters. The summed E-state index contributed by atoms with van der Waals surface area (Å²) in [4.78, 5) is 9.18. The van der Waals surface area contributed by atoms with Crippen LogP contribution in [0.4, 0.5) is 0 Å². The Labute approximate surface area is 101 Å². The van der Waals surface area contributed by atoms with Gasteiger partial charge in [0.2, 0.25) is 0 Å². The third kappa shape index (κ3) is 2.05. The minimum Gasteiger partial charge on any atom is -0.317 e. The number of rotatable bonds is 5. The largest absolute Gasteiger partial charge is 0.317 e. The lowest BCUT2D eigenvalue weighted by Gasteiger charge is -2.06. The molecule has 0 radical (unpaired) electrons. The summed E-state index contributed by atoms with van der Waals surface area (Å²) in [6.07, 6.45) is 5.39. The van der Waals surface area contributed by atoms with Crippen LogP contribution in [0.1, 0.15) is 31.6 Å². The minimum absolute atomic E-state index is 0.645. The molecule has 4 nitrogen and oxygen atoms in total. The summed E-state index contributed by atoms with van der Waals surface area (Å²) >= 11 is 0. The lowest BCUT2D eigenvalue weighted by molar-refractivity contribution is 0.645. The van der Waals surface area contributed by atoms with Crippen LogP contribution in [0.15, 0.2) is 18.3 Å². The molecule has 2 aromatic rings. The Kier molecular flexibility index (Phi) is 2.81. The Morgan fingerprint density at radius 1 is 1.47 bits per heavy atom. The van der Waals surface area contributed by atoms with Gasteiger partial charge >= 0.3 is 0 Å². The van der Waals surface area contributed by atoms with Crippen molar-refractivity contribution in [2.75, 3.05) is 13.1 Å². The lowest BCUT2D eigenvalue weighted by Crippen LogP contribution is -2.18. The molecular formula is C13H18N4. The van der Waals surface area contributed by atoms with Crippen LogP contribution in [-0.2, 0) is 6.42 Å². The van der Waals surface area contributed by atoms with E-state index in [4.69, 9.17) is 4.98 Å². The van der Waals surface area contributed by atoms with Crippen molar-refractivity contribution < 1.29 is 0 Å². The van der Waals surface area contributed by atoms with Crippen LogP contribution in [0.5, 0.6) is 0 Å². The normalized spacial score (nSPS) is 15.6. The van der Waals surface area contributed by atoms with Crippen molar-refractivity contribution in [3.63, 3.8) is 0 Å². The van der Waals surface area contributed by atoms with Crippen LogP contribution < -0.4 is 5.32 Å². The summed E-state index contributed by atoms with van der Waals surface area (Å²) in [5, 5.41) is 3.35. The summed E-state index contributed by atoms with van der Waals surface area (Å²) < 4.78 is 2.34. The molecule has 90 valence electrons. The van der Waals surface area contributed by atoms with Crippen LogP contribution >= 0.6 is 0 Å². The number of fused-ring (bicyclic) bond motifs is 1. The number of pyridine rings is 1. The smallest absolute Gasteiger partial charge is 0.160 e. The number of hydrogen-bond acceptors (Lipinski definition) is 3. The Morgan fingerprint density at radius 3 is 3.12 bits per heavy atom. The SMILES string of the molecule is CCNCCc1nc2cccnc2n1C1CC1. The molecule has 1 fully saturated rings. The maximum absolute atomic E-state index is 4.71. The van der Waals surface area contributed by atoms with Gasteiger partial charge in [0.1, 0.15) is 11.3 Å². The molecule has 1 N–H and O–H groups in total. The molecule has 1 saturated carbocycles. The predicted octanol–water partition coefficient (Wildman–Crippen LogP) is 1.92. The lowest BCUT2D eigenvalue weighted by atomic mass is 10.4. The van der Waals surface area contributed by atoms with Crippen LogP contribution in [0.25, 0.3) is 11.2 Å². The van der Waals surface area contributed by atoms with Crippen molar-refractivity contribution in [3.05, 3.63) is 24.2 Å². The summed E-state index contributed by atoms with van der Waals surface area (Å²) in [5.74, 6) is 1.18. The van der Waals surface area contributed by atoms with Gasteiger partial charge in [0.15, 0.2) is 5.65 Å². The molecule has 0 spiro atoms. The first-order valence-electron chi connectivity index (χ1n) is 6.42. The molecule has 0 amide bonds. The van der Waals surface area contributed by atoms with Crippen LogP contribution in [0.2, 0.25) is 0 Å². The molecule has 17 heavy (non-hydrogen) atoms. The molecule has 1 aliphatic rings.